The molecule has 0 aliphatic rings. The molecule has 0 saturated heterocycles. The highest BCUT2D eigenvalue weighted by molar-refractivity contribution is 7.09. The number of thiazole rings is 1. The highest BCUT2D eigenvalue weighted by Gasteiger charge is 2.12. The fourth-order valence-electron chi connectivity index (χ4n) is 1.59. The van der Waals surface area contributed by atoms with Crippen molar-refractivity contribution >= 4 is 17.1 Å². The molecule has 17 heavy (non-hydrogen) atoms. The molecular formula is C13H12FNOS. The highest BCUT2D eigenvalue weighted by Crippen LogP contribution is 2.15. The zero-order valence-electron chi connectivity index (χ0n) is 9.66. The lowest BCUT2D eigenvalue weighted by Crippen LogP contribution is -2.05. The van der Waals surface area contributed by atoms with Crippen molar-refractivity contribution in [2.45, 2.75) is 20.3 Å². The molecule has 4 heteroatoms. The molecular weight excluding hydrogens is 237 g/mol. The standard InChI is InChI=1S/C13H12FNOS/c1-8-3-4-11(14)5-10(8)6-13(16)12-7-17-9(2)15-12/h3-5,7H,6H2,1-2H3. The van der Waals surface area contributed by atoms with E-state index >= 15 is 0 Å². The average molecular weight is 249 g/mol. The molecule has 0 spiro atoms. The van der Waals surface area contributed by atoms with Crippen molar-refractivity contribution in [3.8, 4) is 0 Å². The van der Waals surface area contributed by atoms with Crippen molar-refractivity contribution in [3.05, 3.63) is 51.2 Å². The van der Waals surface area contributed by atoms with Crippen molar-refractivity contribution in [3.63, 3.8) is 0 Å². The van der Waals surface area contributed by atoms with E-state index in [1.165, 1.54) is 23.5 Å². The number of ketones is 1. The van der Waals surface area contributed by atoms with E-state index in [4.69, 9.17) is 0 Å². The summed E-state index contributed by atoms with van der Waals surface area (Å²) in [5.41, 5.74) is 2.11. The molecule has 0 unspecified atom stereocenters. The molecule has 0 radical (unpaired) electrons. The third kappa shape index (κ3) is 2.77. The average Bonchev–Trinajstić information content (AvgIpc) is 2.70. The summed E-state index contributed by atoms with van der Waals surface area (Å²) in [6.45, 7) is 3.73. The first-order valence-electron chi connectivity index (χ1n) is 5.26. The van der Waals surface area contributed by atoms with Gasteiger partial charge in [0, 0.05) is 11.8 Å². The van der Waals surface area contributed by atoms with E-state index in [1.807, 2.05) is 13.8 Å². The van der Waals surface area contributed by atoms with Crippen molar-refractivity contribution < 1.29 is 9.18 Å². The van der Waals surface area contributed by atoms with Crippen molar-refractivity contribution in [1.29, 1.82) is 0 Å². The monoisotopic (exact) mass is 249 g/mol. The van der Waals surface area contributed by atoms with Gasteiger partial charge in [0.15, 0.2) is 5.78 Å². The number of carbonyl (C=O) groups is 1. The minimum atomic E-state index is -0.312. The van der Waals surface area contributed by atoms with Gasteiger partial charge in [-0.25, -0.2) is 9.37 Å². The predicted octanol–water partition coefficient (Wildman–Crippen LogP) is 3.32. The molecule has 1 aromatic heterocycles. The molecule has 0 amide bonds. The van der Waals surface area contributed by atoms with Crippen LogP contribution in [0, 0.1) is 19.7 Å². The number of hydrogen-bond acceptors (Lipinski definition) is 3. The zero-order chi connectivity index (χ0) is 12.4. The second kappa shape index (κ2) is 4.75. The summed E-state index contributed by atoms with van der Waals surface area (Å²) < 4.78 is 13.1. The Hall–Kier alpha value is -1.55. The zero-order valence-corrected chi connectivity index (χ0v) is 10.5. The van der Waals surface area contributed by atoms with Crippen LogP contribution < -0.4 is 0 Å². The first-order chi connectivity index (χ1) is 8.06. The molecule has 2 rings (SSSR count). The lowest BCUT2D eigenvalue weighted by atomic mass is 10.0. The molecule has 2 aromatic rings. The van der Waals surface area contributed by atoms with Crippen LogP contribution in [0.3, 0.4) is 0 Å². The number of benzene rings is 1. The van der Waals surface area contributed by atoms with Crippen LogP contribution in [0.15, 0.2) is 23.6 Å². The van der Waals surface area contributed by atoms with E-state index in [1.54, 1.807) is 11.4 Å². The van der Waals surface area contributed by atoms with Crippen molar-refractivity contribution in [2.75, 3.05) is 0 Å². The van der Waals surface area contributed by atoms with E-state index < -0.39 is 0 Å². The molecule has 0 atom stereocenters. The first kappa shape index (κ1) is 11.9. The smallest absolute Gasteiger partial charge is 0.186 e. The molecule has 0 N–H and O–H groups in total. The quantitative estimate of drug-likeness (QED) is 0.781. The second-order valence-electron chi connectivity index (χ2n) is 3.92. The minimum Gasteiger partial charge on any atom is -0.292 e. The van der Waals surface area contributed by atoms with Gasteiger partial charge in [0.25, 0.3) is 0 Å². The maximum atomic E-state index is 13.1. The van der Waals surface area contributed by atoms with Crippen LogP contribution in [0.5, 0.6) is 0 Å². The van der Waals surface area contributed by atoms with E-state index in [9.17, 15) is 9.18 Å². The molecule has 1 aromatic carbocycles. The van der Waals surface area contributed by atoms with Gasteiger partial charge in [-0.05, 0) is 37.1 Å². The van der Waals surface area contributed by atoms with Crippen molar-refractivity contribution in [2.24, 2.45) is 0 Å². The summed E-state index contributed by atoms with van der Waals surface area (Å²) >= 11 is 1.44. The van der Waals surface area contributed by atoms with Gasteiger partial charge in [0.05, 0.1) is 5.01 Å². The van der Waals surface area contributed by atoms with Crippen LogP contribution in [-0.4, -0.2) is 10.8 Å². The largest absolute Gasteiger partial charge is 0.292 e. The van der Waals surface area contributed by atoms with Crippen LogP contribution >= 0.6 is 11.3 Å². The van der Waals surface area contributed by atoms with Crippen LogP contribution in [-0.2, 0) is 6.42 Å². The number of nitrogens with zero attached hydrogens (tertiary/aromatic N) is 1. The normalized spacial score (nSPS) is 10.5. The third-order valence-electron chi connectivity index (χ3n) is 2.57. The Labute approximate surface area is 103 Å². The number of hydrogen-bond donors (Lipinski definition) is 0. The Morgan fingerprint density at radius 2 is 2.18 bits per heavy atom. The Bertz CT molecular complexity index is 562. The lowest BCUT2D eigenvalue weighted by Gasteiger charge is -2.03. The van der Waals surface area contributed by atoms with Gasteiger partial charge in [-0.1, -0.05) is 6.07 Å². The maximum Gasteiger partial charge on any atom is 0.186 e. The topological polar surface area (TPSA) is 30.0 Å². The van der Waals surface area contributed by atoms with E-state index in [-0.39, 0.29) is 18.0 Å². The Balaban J connectivity index is 2.21. The molecule has 0 aliphatic carbocycles. The fraction of sp³-hybridized carbons (Fsp3) is 0.231. The summed E-state index contributed by atoms with van der Waals surface area (Å²) in [5, 5.41) is 2.61. The third-order valence-corrected chi connectivity index (χ3v) is 3.34. The predicted molar refractivity (Wildman–Crippen MR) is 66.0 cm³/mol. The molecule has 0 aliphatic heterocycles. The molecule has 0 saturated carbocycles. The van der Waals surface area contributed by atoms with Gasteiger partial charge in [-0.2, -0.15) is 0 Å². The Morgan fingerprint density at radius 3 is 2.82 bits per heavy atom. The summed E-state index contributed by atoms with van der Waals surface area (Å²) in [7, 11) is 0. The molecule has 2 nitrogen and oxygen atoms in total. The van der Waals surface area contributed by atoms with Gasteiger partial charge < -0.3 is 0 Å². The van der Waals surface area contributed by atoms with Crippen LogP contribution in [0.4, 0.5) is 4.39 Å². The fourth-order valence-corrected chi connectivity index (χ4v) is 2.20. The minimum absolute atomic E-state index is 0.0666. The number of halogens is 1. The molecule has 1 heterocycles. The van der Waals surface area contributed by atoms with Crippen LogP contribution in [0.25, 0.3) is 0 Å². The van der Waals surface area contributed by atoms with Crippen molar-refractivity contribution in [1.82, 2.24) is 4.98 Å². The summed E-state index contributed by atoms with van der Waals surface area (Å²) in [5.74, 6) is -0.379. The number of Topliss-reactive ketones (excluding diaryl/α,β-unsaturated/α-hetero) is 1. The maximum absolute atomic E-state index is 13.1. The van der Waals surface area contributed by atoms with Gasteiger partial charge in [-0.3, -0.25) is 4.79 Å². The highest BCUT2D eigenvalue weighted by atomic mass is 32.1. The lowest BCUT2D eigenvalue weighted by molar-refractivity contribution is 0.0988. The van der Waals surface area contributed by atoms with Crippen LogP contribution in [0.1, 0.15) is 26.6 Å². The van der Waals surface area contributed by atoms with Crippen LogP contribution in [0.2, 0.25) is 0 Å². The first-order valence-corrected chi connectivity index (χ1v) is 6.14. The summed E-state index contributed by atoms with van der Waals surface area (Å²) in [6.07, 6.45) is 0.201. The number of aromatic nitrogens is 1. The van der Waals surface area contributed by atoms with E-state index in [0.717, 1.165) is 16.1 Å². The number of carbonyl (C=O) groups excluding carboxylic acids is 1. The van der Waals surface area contributed by atoms with Gasteiger partial charge in [0.1, 0.15) is 11.5 Å². The SMILES string of the molecule is Cc1nc(C(=O)Cc2cc(F)ccc2C)cs1. The summed E-state index contributed by atoms with van der Waals surface area (Å²) in [6, 6.07) is 4.49. The van der Waals surface area contributed by atoms with Gasteiger partial charge in [-0.15, -0.1) is 11.3 Å². The van der Waals surface area contributed by atoms with Gasteiger partial charge in [0.2, 0.25) is 0 Å². The number of rotatable bonds is 3. The molecule has 0 fully saturated rings. The molecule has 88 valence electrons. The number of aryl methyl sites for hydroxylation is 2. The summed E-state index contributed by atoms with van der Waals surface area (Å²) in [4.78, 5) is 16.0. The molecule has 0 bridgehead atoms. The van der Waals surface area contributed by atoms with Gasteiger partial charge >= 0.3 is 0 Å². The Morgan fingerprint density at radius 1 is 1.41 bits per heavy atom. The second-order valence-corrected chi connectivity index (χ2v) is 4.98. The van der Waals surface area contributed by atoms with E-state index in [2.05, 4.69) is 4.98 Å². The Kier molecular flexibility index (Phi) is 3.33. The van der Waals surface area contributed by atoms with E-state index in [0.29, 0.717) is 5.69 Å².